The first-order valence-electron chi connectivity index (χ1n) is 5.55. The number of nitrogens with zero attached hydrogens (tertiary/aromatic N) is 1. The molecule has 0 saturated carbocycles. The molecule has 0 fully saturated rings. The van der Waals surface area contributed by atoms with Crippen molar-refractivity contribution < 1.29 is 4.79 Å². The van der Waals surface area contributed by atoms with Gasteiger partial charge in [0.25, 0.3) is 0 Å². The summed E-state index contributed by atoms with van der Waals surface area (Å²) in [6.45, 7) is 2.93. The van der Waals surface area contributed by atoms with Crippen LogP contribution in [0.5, 0.6) is 0 Å². The molecule has 0 spiro atoms. The molecular weight excluding hydrogens is 220 g/mol. The van der Waals surface area contributed by atoms with Gasteiger partial charge in [0.15, 0.2) is 0 Å². The van der Waals surface area contributed by atoms with Crippen LogP contribution in [0.4, 0.5) is 11.4 Å². The molecule has 1 aliphatic rings. The van der Waals surface area contributed by atoms with Crippen molar-refractivity contribution in [1.82, 2.24) is 0 Å². The van der Waals surface area contributed by atoms with Gasteiger partial charge in [-0.1, -0.05) is 13.3 Å². The number of hydrogen-bond donors (Lipinski definition) is 1. The Morgan fingerprint density at radius 3 is 3.06 bits per heavy atom. The van der Waals surface area contributed by atoms with Gasteiger partial charge < -0.3 is 10.6 Å². The van der Waals surface area contributed by atoms with E-state index in [1.165, 1.54) is 0 Å². The van der Waals surface area contributed by atoms with Crippen molar-refractivity contribution in [3.05, 3.63) is 18.2 Å². The van der Waals surface area contributed by atoms with E-state index in [2.05, 4.69) is 6.92 Å². The number of unbranched alkanes of at least 4 members (excludes halogenated alkanes) is 1. The third-order valence-electron chi connectivity index (χ3n) is 2.66. The Hall–Kier alpha value is -1.16. The van der Waals surface area contributed by atoms with Crippen LogP contribution in [0.2, 0.25) is 0 Å². The topological polar surface area (TPSA) is 46.3 Å². The van der Waals surface area contributed by atoms with E-state index in [1.54, 1.807) is 11.8 Å². The minimum absolute atomic E-state index is 0.191. The Morgan fingerprint density at radius 1 is 1.50 bits per heavy atom. The number of thioether (sulfide) groups is 1. The predicted molar refractivity (Wildman–Crippen MR) is 68.8 cm³/mol. The highest BCUT2D eigenvalue weighted by Crippen LogP contribution is 2.36. The fourth-order valence-corrected chi connectivity index (χ4v) is 2.70. The van der Waals surface area contributed by atoms with E-state index >= 15 is 0 Å². The van der Waals surface area contributed by atoms with Crippen LogP contribution in [-0.2, 0) is 4.79 Å². The number of benzene rings is 1. The molecule has 0 saturated heterocycles. The van der Waals surface area contributed by atoms with E-state index in [0.29, 0.717) is 5.75 Å². The van der Waals surface area contributed by atoms with Crippen LogP contribution in [0.1, 0.15) is 19.8 Å². The van der Waals surface area contributed by atoms with Crippen molar-refractivity contribution in [1.29, 1.82) is 0 Å². The van der Waals surface area contributed by atoms with Crippen LogP contribution in [0.3, 0.4) is 0 Å². The fourth-order valence-electron chi connectivity index (χ4n) is 1.78. The molecular formula is C12H16N2OS. The third kappa shape index (κ3) is 2.16. The highest BCUT2D eigenvalue weighted by molar-refractivity contribution is 8.00. The maximum absolute atomic E-state index is 11.8. The van der Waals surface area contributed by atoms with Gasteiger partial charge in [0.1, 0.15) is 0 Å². The molecule has 0 bridgehead atoms. The summed E-state index contributed by atoms with van der Waals surface area (Å²) >= 11 is 1.60. The van der Waals surface area contributed by atoms with Crippen molar-refractivity contribution >= 4 is 29.0 Å². The van der Waals surface area contributed by atoms with E-state index < -0.39 is 0 Å². The Labute approximate surface area is 100.0 Å². The first kappa shape index (κ1) is 11.3. The Balaban J connectivity index is 2.31. The number of hydrogen-bond acceptors (Lipinski definition) is 3. The van der Waals surface area contributed by atoms with Crippen molar-refractivity contribution in [3.8, 4) is 0 Å². The number of anilines is 2. The molecule has 3 nitrogen and oxygen atoms in total. The van der Waals surface area contributed by atoms with Crippen LogP contribution in [-0.4, -0.2) is 18.2 Å². The van der Waals surface area contributed by atoms with Gasteiger partial charge in [0.05, 0.1) is 11.4 Å². The van der Waals surface area contributed by atoms with E-state index in [-0.39, 0.29) is 5.91 Å². The SMILES string of the molecule is CCCCN1C(=O)CSc2ccc(N)cc21. The Morgan fingerprint density at radius 2 is 2.31 bits per heavy atom. The number of carbonyl (C=O) groups excluding carboxylic acids is 1. The number of nitrogen functional groups attached to an aromatic ring is 1. The van der Waals surface area contributed by atoms with Crippen molar-refractivity contribution in [2.45, 2.75) is 24.7 Å². The molecule has 2 N–H and O–H groups in total. The van der Waals surface area contributed by atoms with Crippen LogP contribution in [0.25, 0.3) is 0 Å². The molecule has 1 aromatic rings. The normalized spacial score (nSPS) is 15.1. The molecule has 0 atom stereocenters. The molecule has 4 heteroatoms. The maximum atomic E-state index is 11.8. The summed E-state index contributed by atoms with van der Waals surface area (Å²) in [4.78, 5) is 14.9. The molecule has 0 aromatic heterocycles. The van der Waals surface area contributed by atoms with Crippen LogP contribution in [0, 0.1) is 0 Å². The molecule has 0 radical (unpaired) electrons. The van der Waals surface area contributed by atoms with Gasteiger partial charge in [-0.15, -0.1) is 11.8 Å². The summed E-state index contributed by atoms with van der Waals surface area (Å²) in [5.41, 5.74) is 7.47. The lowest BCUT2D eigenvalue weighted by atomic mass is 10.2. The summed E-state index contributed by atoms with van der Waals surface area (Å²) in [6.07, 6.45) is 2.12. The first-order valence-corrected chi connectivity index (χ1v) is 6.53. The Bertz CT molecular complexity index is 406. The second-order valence-electron chi connectivity index (χ2n) is 3.91. The average molecular weight is 236 g/mol. The largest absolute Gasteiger partial charge is 0.399 e. The molecule has 1 heterocycles. The molecule has 16 heavy (non-hydrogen) atoms. The molecule has 1 aliphatic heterocycles. The minimum Gasteiger partial charge on any atom is -0.399 e. The molecule has 1 amide bonds. The predicted octanol–water partition coefficient (Wildman–Crippen LogP) is 2.51. The van der Waals surface area contributed by atoms with Gasteiger partial charge in [-0.25, -0.2) is 0 Å². The summed E-state index contributed by atoms with van der Waals surface area (Å²) in [7, 11) is 0. The molecule has 2 rings (SSSR count). The van der Waals surface area contributed by atoms with Crippen molar-refractivity contribution in [2.75, 3.05) is 22.9 Å². The van der Waals surface area contributed by atoms with Crippen molar-refractivity contribution in [2.24, 2.45) is 0 Å². The maximum Gasteiger partial charge on any atom is 0.237 e. The number of carbonyl (C=O) groups is 1. The second-order valence-corrected chi connectivity index (χ2v) is 4.93. The lowest BCUT2D eigenvalue weighted by molar-refractivity contribution is -0.116. The van der Waals surface area contributed by atoms with Crippen LogP contribution >= 0.6 is 11.8 Å². The fraction of sp³-hybridized carbons (Fsp3) is 0.417. The zero-order valence-corrected chi connectivity index (χ0v) is 10.2. The lowest BCUT2D eigenvalue weighted by Crippen LogP contribution is -2.36. The van der Waals surface area contributed by atoms with Crippen LogP contribution < -0.4 is 10.6 Å². The number of nitrogens with two attached hydrogens (primary N) is 1. The number of amides is 1. The molecule has 0 aliphatic carbocycles. The van der Waals surface area contributed by atoms with Gasteiger partial charge >= 0.3 is 0 Å². The zero-order chi connectivity index (χ0) is 11.5. The monoisotopic (exact) mass is 236 g/mol. The smallest absolute Gasteiger partial charge is 0.237 e. The average Bonchev–Trinajstić information content (AvgIpc) is 2.28. The molecule has 86 valence electrons. The molecule has 0 unspecified atom stereocenters. The quantitative estimate of drug-likeness (QED) is 0.820. The highest BCUT2D eigenvalue weighted by atomic mass is 32.2. The first-order chi connectivity index (χ1) is 7.72. The van der Waals surface area contributed by atoms with Gasteiger partial charge in [-0.2, -0.15) is 0 Å². The van der Waals surface area contributed by atoms with E-state index in [0.717, 1.165) is 35.7 Å². The zero-order valence-electron chi connectivity index (χ0n) is 9.40. The minimum atomic E-state index is 0.191. The van der Waals surface area contributed by atoms with Gasteiger partial charge in [0.2, 0.25) is 5.91 Å². The van der Waals surface area contributed by atoms with Crippen LogP contribution in [0.15, 0.2) is 23.1 Å². The second kappa shape index (κ2) is 4.78. The highest BCUT2D eigenvalue weighted by Gasteiger charge is 2.23. The summed E-state index contributed by atoms with van der Waals surface area (Å²) < 4.78 is 0. The van der Waals surface area contributed by atoms with E-state index in [1.807, 2.05) is 23.1 Å². The van der Waals surface area contributed by atoms with Gasteiger partial charge in [-0.05, 0) is 24.6 Å². The third-order valence-corrected chi connectivity index (χ3v) is 3.71. The van der Waals surface area contributed by atoms with E-state index in [9.17, 15) is 4.79 Å². The van der Waals surface area contributed by atoms with E-state index in [4.69, 9.17) is 5.73 Å². The van der Waals surface area contributed by atoms with Gasteiger partial charge in [0, 0.05) is 17.1 Å². The van der Waals surface area contributed by atoms with Crippen molar-refractivity contribution in [3.63, 3.8) is 0 Å². The Kier molecular flexibility index (Phi) is 3.39. The summed E-state index contributed by atoms with van der Waals surface area (Å²) in [6, 6.07) is 5.79. The summed E-state index contributed by atoms with van der Waals surface area (Å²) in [5.74, 6) is 0.734. The van der Waals surface area contributed by atoms with Gasteiger partial charge in [-0.3, -0.25) is 4.79 Å². The standard InChI is InChI=1S/C12H16N2OS/c1-2-3-6-14-10-7-9(13)4-5-11(10)16-8-12(14)15/h4-5,7H,2-3,6,8,13H2,1H3. The summed E-state index contributed by atoms with van der Waals surface area (Å²) in [5, 5.41) is 0. The lowest BCUT2D eigenvalue weighted by Gasteiger charge is -2.29. The number of fused-ring (bicyclic) bond motifs is 1. The number of rotatable bonds is 3. The molecule has 1 aromatic carbocycles.